The summed E-state index contributed by atoms with van der Waals surface area (Å²) in [6.07, 6.45) is 4.14. The van der Waals surface area contributed by atoms with Crippen molar-refractivity contribution in [1.82, 2.24) is 15.0 Å². The molecule has 94 valence electrons. The third-order valence-electron chi connectivity index (χ3n) is 3.29. The van der Waals surface area contributed by atoms with E-state index >= 15 is 0 Å². The minimum absolute atomic E-state index is 0.689. The molecule has 0 radical (unpaired) electrons. The van der Waals surface area contributed by atoms with Crippen LogP contribution in [0.1, 0.15) is 24.5 Å². The number of fused-ring (bicyclic) bond motifs is 1. The number of hydrogen-bond donors (Lipinski definition) is 1. The largest absolute Gasteiger partial charge is 0.316 e. The molecule has 4 nitrogen and oxygen atoms in total. The van der Waals surface area contributed by atoms with E-state index in [4.69, 9.17) is 0 Å². The summed E-state index contributed by atoms with van der Waals surface area (Å²) in [4.78, 5) is 13.2. The van der Waals surface area contributed by atoms with Gasteiger partial charge in [0.25, 0.3) is 0 Å². The van der Waals surface area contributed by atoms with Crippen LogP contribution >= 0.6 is 11.3 Å². The van der Waals surface area contributed by atoms with Crippen molar-refractivity contribution in [1.29, 1.82) is 0 Å². The lowest BCUT2D eigenvalue weighted by molar-refractivity contribution is 1.05. The summed E-state index contributed by atoms with van der Waals surface area (Å²) in [6.45, 7) is 0. The highest BCUT2D eigenvalue weighted by Gasteiger charge is 2.26. The van der Waals surface area contributed by atoms with Gasteiger partial charge < -0.3 is 5.32 Å². The molecule has 3 aromatic rings. The van der Waals surface area contributed by atoms with Gasteiger partial charge in [-0.3, -0.25) is 0 Å². The van der Waals surface area contributed by atoms with Gasteiger partial charge in [-0.1, -0.05) is 12.1 Å². The van der Waals surface area contributed by atoms with Gasteiger partial charge in [0.05, 0.1) is 11.2 Å². The molecule has 19 heavy (non-hydrogen) atoms. The Labute approximate surface area is 114 Å². The van der Waals surface area contributed by atoms with Crippen molar-refractivity contribution in [3.8, 4) is 0 Å². The molecule has 1 aliphatic rings. The summed E-state index contributed by atoms with van der Waals surface area (Å²) < 4.78 is 0. The topological polar surface area (TPSA) is 50.7 Å². The zero-order valence-corrected chi connectivity index (χ0v) is 11.0. The summed E-state index contributed by atoms with van der Waals surface area (Å²) in [6, 6.07) is 7.98. The molecule has 4 rings (SSSR count). The molecule has 0 saturated heterocycles. The Morgan fingerprint density at radius 2 is 2.05 bits per heavy atom. The number of nitrogens with zero attached hydrogens (tertiary/aromatic N) is 3. The van der Waals surface area contributed by atoms with Gasteiger partial charge in [0.1, 0.15) is 12.1 Å². The van der Waals surface area contributed by atoms with Crippen molar-refractivity contribution in [2.75, 3.05) is 5.32 Å². The van der Waals surface area contributed by atoms with Crippen LogP contribution in [0, 0.1) is 0 Å². The number of nitrogens with one attached hydrogen (secondary N) is 1. The fraction of sp³-hybridized carbons (Fsp3) is 0.214. The van der Waals surface area contributed by atoms with Crippen LogP contribution in [0.4, 0.5) is 10.9 Å². The Balaban J connectivity index is 1.69. The normalized spacial score (nSPS) is 14.7. The van der Waals surface area contributed by atoms with E-state index in [1.165, 1.54) is 18.5 Å². The predicted octanol–water partition coefficient (Wildman–Crippen LogP) is 3.71. The van der Waals surface area contributed by atoms with Crippen LogP contribution in [0.5, 0.6) is 0 Å². The number of hydrogen-bond acceptors (Lipinski definition) is 5. The first-order chi connectivity index (χ1) is 9.40. The maximum absolute atomic E-state index is 4.62. The van der Waals surface area contributed by atoms with Crippen LogP contribution < -0.4 is 5.32 Å². The lowest BCUT2D eigenvalue weighted by Gasteiger charge is -2.04. The number of thiazole rings is 1. The minimum Gasteiger partial charge on any atom is -0.316 e. The Morgan fingerprint density at radius 1 is 1.16 bits per heavy atom. The molecule has 0 atom stereocenters. The van der Waals surface area contributed by atoms with Gasteiger partial charge in [-0.25, -0.2) is 15.0 Å². The van der Waals surface area contributed by atoms with Crippen molar-refractivity contribution in [2.45, 2.75) is 18.8 Å². The minimum atomic E-state index is 0.689. The van der Waals surface area contributed by atoms with Crippen molar-refractivity contribution in [3.05, 3.63) is 41.7 Å². The number of aromatic nitrogens is 3. The van der Waals surface area contributed by atoms with Gasteiger partial charge in [-0.2, -0.15) is 0 Å². The van der Waals surface area contributed by atoms with E-state index in [-0.39, 0.29) is 0 Å². The Bertz CT molecular complexity index is 728. The zero-order chi connectivity index (χ0) is 12.7. The van der Waals surface area contributed by atoms with Crippen LogP contribution in [0.2, 0.25) is 0 Å². The average Bonchev–Trinajstić information content (AvgIpc) is 3.20. The second-order valence-electron chi connectivity index (χ2n) is 4.72. The van der Waals surface area contributed by atoms with Crippen LogP contribution in [-0.4, -0.2) is 15.0 Å². The summed E-state index contributed by atoms with van der Waals surface area (Å²) in [5.41, 5.74) is 2.16. The first-order valence-electron chi connectivity index (χ1n) is 6.32. The van der Waals surface area contributed by atoms with Gasteiger partial charge >= 0.3 is 0 Å². The summed E-state index contributed by atoms with van der Waals surface area (Å²) in [5, 5.41) is 7.38. The van der Waals surface area contributed by atoms with Gasteiger partial charge in [-0.15, -0.1) is 11.3 Å². The van der Waals surface area contributed by atoms with Gasteiger partial charge in [-0.05, 0) is 25.0 Å². The molecule has 0 amide bonds. The highest BCUT2D eigenvalue weighted by atomic mass is 32.1. The third-order valence-corrected chi connectivity index (χ3v) is 4.06. The highest BCUT2D eigenvalue weighted by molar-refractivity contribution is 7.13. The maximum atomic E-state index is 4.62. The quantitative estimate of drug-likeness (QED) is 0.786. The first kappa shape index (κ1) is 10.9. The number of para-hydroxylation sites is 1. The van der Waals surface area contributed by atoms with Crippen molar-refractivity contribution < 1.29 is 0 Å². The molecule has 1 saturated carbocycles. The molecular formula is C14H12N4S. The van der Waals surface area contributed by atoms with Crippen LogP contribution in [0.3, 0.4) is 0 Å². The van der Waals surface area contributed by atoms with Gasteiger partial charge in [0, 0.05) is 16.7 Å². The molecular weight excluding hydrogens is 256 g/mol. The lowest BCUT2D eigenvalue weighted by atomic mass is 10.2. The molecule has 0 aliphatic heterocycles. The average molecular weight is 268 g/mol. The second kappa shape index (κ2) is 4.28. The highest BCUT2D eigenvalue weighted by Crippen LogP contribution is 2.41. The number of rotatable bonds is 3. The van der Waals surface area contributed by atoms with Crippen LogP contribution in [0.25, 0.3) is 10.9 Å². The smallest absolute Gasteiger partial charge is 0.188 e. The predicted molar refractivity (Wildman–Crippen MR) is 76.9 cm³/mol. The molecule has 1 fully saturated rings. The monoisotopic (exact) mass is 268 g/mol. The third kappa shape index (κ3) is 2.06. The fourth-order valence-corrected chi connectivity index (χ4v) is 2.91. The van der Waals surface area contributed by atoms with Crippen LogP contribution in [-0.2, 0) is 0 Å². The van der Waals surface area contributed by atoms with Crippen molar-refractivity contribution in [3.63, 3.8) is 0 Å². The SMILES string of the molecule is c1ccc2c(Nc3nc(C4CC4)cs3)ncnc2c1. The van der Waals surface area contributed by atoms with Gasteiger partial charge in [0.15, 0.2) is 5.13 Å². The molecule has 2 heterocycles. The van der Waals surface area contributed by atoms with Crippen molar-refractivity contribution in [2.24, 2.45) is 0 Å². The molecule has 1 aliphatic carbocycles. The van der Waals surface area contributed by atoms with E-state index in [0.717, 1.165) is 21.9 Å². The Morgan fingerprint density at radius 3 is 2.95 bits per heavy atom. The van der Waals surface area contributed by atoms with Crippen molar-refractivity contribution >= 4 is 33.2 Å². The fourth-order valence-electron chi connectivity index (χ4n) is 2.12. The molecule has 0 spiro atoms. The van der Waals surface area contributed by atoms with Gasteiger partial charge in [0.2, 0.25) is 0 Å². The maximum Gasteiger partial charge on any atom is 0.188 e. The molecule has 2 aromatic heterocycles. The van der Waals surface area contributed by atoms with E-state index in [1.54, 1.807) is 17.7 Å². The Hall–Kier alpha value is -2.01. The summed E-state index contributed by atoms with van der Waals surface area (Å²) in [5.74, 6) is 1.51. The zero-order valence-electron chi connectivity index (χ0n) is 10.2. The Kier molecular flexibility index (Phi) is 2.45. The molecule has 5 heteroatoms. The van der Waals surface area contributed by atoms with E-state index in [1.807, 2.05) is 24.3 Å². The van der Waals surface area contributed by atoms with E-state index < -0.39 is 0 Å². The number of anilines is 2. The molecule has 1 N–H and O–H groups in total. The number of benzene rings is 1. The first-order valence-corrected chi connectivity index (χ1v) is 7.20. The second-order valence-corrected chi connectivity index (χ2v) is 5.57. The van der Waals surface area contributed by atoms with E-state index in [2.05, 4.69) is 25.6 Å². The van der Waals surface area contributed by atoms with E-state index in [9.17, 15) is 0 Å². The van der Waals surface area contributed by atoms with Crippen LogP contribution in [0.15, 0.2) is 36.0 Å². The standard InChI is InChI=1S/C14H12N4S/c1-2-4-11-10(3-1)13(16-8-15-11)18-14-17-12(7-19-14)9-5-6-9/h1-4,7-9H,5-6H2,(H,15,16,17,18). The molecule has 1 aromatic carbocycles. The lowest BCUT2D eigenvalue weighted by Crippen LogP contribution is -1.95. The summed E-state index contributed by atoms with van der Waals surface area (Å²) in [7, 11) is 0. The molecule has 0 unspecified atom stereocenters. The summed E-state index contributed by atoms with van der Waals surface area (Å²) >= 11 is 1.64. The van der Waals surface area contributed by atoms with E-state index in [0.29, 0.717) is 5.92 Å². The molecule has 0 bridgehead atoms.